The van der Waals surface area contributed by atoms with Crippen molar-refractivity contribution < 1.29 is 14.9 Å². The van der Waals surface area contributed by atoms with E-state index in [1.165, 1.54) is 0 Å². The summed E-state index contributed by atoms with van der Waals surface area (Å²) < 4.78 is 5.19. The molecule has 0 bridgehead atoms. The molecule has 10 heavy (non-hydrogen) atoms. The minimum Gasteiger partial charge on any atom is -0.394 e. The molecular weight excluding hydrogens is 200 g/mol. The van der Waals surface area contributed by atoms with Crippen LogP contribution in [0.5, 0.6) is 0 Å². The van der Waals surface area contributed by atoms with Gasteiger partial charge < -0.3 is 14.9 Å². The molecule has 1 heterocycles. The van der Waals surface area contributed by atoms with Gasteiger partial charge in [0.15, 0.2) is 0 Å². The lowest BCUT2D eigenvalue weighted by Crippen LogP contribution is -2.29. The molecule has 0 saturated carbocycles. The summed E-state index contributed by atoms with van der Waals surface area (Å²) in [4.78, 5) is -0.0513. The summed E-state index contributed by atoms with van der Waals surface area (Å²) in [5.41, 5.74) is 0. The van der Waals surface area contributed by atoms with E-state index in [1.807, 2.05) is 6.92 Å². The molecule has 0 aromatic heterocycles. The van der Waals surface area contributed by atoms with E-state index in [0.29, 0.717) is 0 Å². The van der Waals surface area contributed by atoms with Crippen LogP contribution in [-0.4, -0.2) is 40.0 Å². The van der Waals surface area contributed by atoms with Crippen molar-refractivity contribution in [2.45, 2.75) is 30.1 Å². The first kappa shape index (κ1) is 8.46. The number of aliphatic hydroxyl groups is 2. The van der Waals surface area contributed by atoms with Crippen molar-refractivity contribution in [1.82, 2.24) is 0 Å². The Labute approximate surface area is 68.1 Å². The van der Waals surface area contributed by atoms with Gasteiger partial charge in [-0.05, 0) is 6.92 Å². The molecule has 2 unspecified atom stereocenters. The maximum Gasteiger partial charge on any atom is 0.108 e. The minimum absolute atomic E-state index is 0.0212. The van der Waals surface area contributed by atoms with Gasteiger partial charge in [-0.3, -0.25) is 0 Å². The van der Waals surface area contributed by atoms with Crippen molar-refractivity contribution in [3.63, 3.8) is 0 Å². The molecule has 0 aromatic carbocycles. The molecule has 1 aliphatic heterocycles. The molecule has 1 aliphatic rings. The van der Waals surface area contributed by atoms with E-state index in [1.54, 1.807) is 0 Å². The van der Waals surface area contributed by atoms with Gasteiger partial charge in [-0.15, -0.1) is 0 Å². The molecule has 3 nitrogen and oxygen atoms in total. The highest BCUT2D eigenvalue weighted by molar-refractivity contribution is 9.09. The van der Waals surface area contributed by atoms with Gasteiger partial charge in [0.25, 0.3) is 0 Å². The van der Waals surface area contributed by atoms with Crippen LogP contribution in [0.4, 0.5) is 0 Å². The van der Waals surface area contributed by atoms with Crippen LogP contribution in [0.3, 0.4) is 0 Å². The summed E-state index contributed by atoms with van der Waals surface area (Å²) in [6, 6.07) is 0. The van der Waals surface area contributed by atoms with E-state index < -0.39 is 12.2 Å². The summed E-state index contributed by atoms with van der Waals surface area (Å²) in [7, 11) is 0. The number of halogens is 1. The number of hydrogen-bond acceptors (Lipinski definition) is 3. The van der Waals surface area contributed by atoms with Crippen molar-refractivity contribution in [2.24, 2.45) is 0 Å². The highest BCUT2D eigenvalue weighted by Crippen LogP contribution is 2.26. The molecule has 0 radical (unpaired) electrons. The fourth-order valence-electron chi connectivity index (χ4n) is 1.07. The van der Waals surface area contributed by atoms with Gasteiger partial charge in [-0.1, -0.05) is 15.9 Å². The zero-order valence-electron chi connectivity index (χ0n) is 5.70. The van der Waals surface area contributed by atoms with Crippen LogP contribution in [0.1, 0.15) is 6.92 Å². The zero-order chi connectivity index (χ0) is 7.72. The molecule has 0 aliphatic carbocycles. The number of ether oxygens (including phenoxy) is 1. The lowest BCUT2D eigenvalue weighted by atomic mass is 10.1. The van der Waals surface area contributed by atoms with Crippen LogP contribution in [0.15, 0.2) is 0 Å². The van der Waals surface area contributed by atoms with Crippen LogP contribution in [0.2, 0.25) is 0 Å². The van der Waals surface area contributed by atoms with Gasteiger partial charge >= 0.3 is 0 Å². The van der Waals surface area contributed by atoms with Gasteiger partial charge in [-0.2, -0.15) is 0 Å². The van der Waals surface area contributed by atoms with Gasteiger partial charge in [0.2, 0.25) is 0 Å². The third-order valence-corrected chi connectivity index (χ3v) is 3.01. The second kappa shape index (κ2) is 3.17. The Balaban J connectivity index is 2.53. The van der Waals surface area contributed by atoms with Crippen molar-refractivity contribution >= 4 is 15.9 Å². The third kappa shape index (κ3) is 1.34. The molecule has 4 heteroatoms. The predicted octanol–water partition coefficient (Wildman–Crippen LogP) is -0.110. The molecule has 1 fully saturated rings. The average Bonchev–Trinajstić information content (AvgIpc) is 2.17. The Kier molecular flexibility index (Phi) is 2.68. The molecule has 2 N–H and O–H groups in total. The van der Waals surface area contributed by atoms with Crippen molar-refractivity contribution in [3.05, 3.63) is 0 Å². The fourth-order valence-corrected chi connectivity index (χ4v) is 1.53. The lowest BCUT2D eigenvalue weighted by molar-refractivity contribution is -0.0170. The van der Waals surface area contributed by atoms with Crippen LogP contribution in [0, 0.1) is 0 Å². The van der Waals surface area contributed by atoms with E-state index in [2.05, 4.69) is 15.9 Å². The number of hydrogen-bond donors (Lipinski definition) is 2. The number of rotatable bonds is 1. The van der Waals surface area contributed by atoms with Crippen LogP contribution < -0.4 is 0 Å². The molecule has 0 spiro atoms. The summed E-state index contributed by atoms with van der Waals surface area (Å²) in [5.74, 6) is 0. The lowest BCUT2D eigenvalue weighted by Gasteiger charge is -2.10. The Hall–Kier alpha value is 0.360. The maximum atomic E-state index is 9.30. The minimum atomic E-state index is -0.583. The standard InChI is InChI=1S/C6H11BrO3/c1-3-5(7)6(9)4(2-8)10-3/h3-6,8-9H,2H2,1H3/t3-,4+,5?,6?/m0/s1. The summed E-state index contributed by atoms with van der Waals surface area (Å²) in [6.45, 7) is 1.74. The first-order valence-corrected chi connectivity index (χ1v) is 4.17. The second-order valence-corrected chi connectivity index (χ2v) is 3.55. The topological polar surface area (TPSA) is 49.7 Å². The van der Waals surface area contributed by atoms with Crippen molar-refractivity contribution in [2.75, 3.05) is 6.61 Å². The van der Waals surface area contributed by atoms with E-state index in [9.17, 15) is 5.11 Å². The van der Waals surface area contributed by atoms with E-state index in [0.717, 1.165) is 0 Å². The van der Waals surface area contributed by atoms with Crippen LogP contribution in [-0.2, 0) is 4.74 Å². The Morgan fingerprint density at radius 3 is 2.40 bits per heavy atom. The van der Waals surface area contributed by atoms with Crippen molar-refractivity contribution in [1.29, 1.82) is 0 Å². The maximum absolute atomic E-state index is 9.30. The quantitative estimate of drug-likeness (QED) is 0.595. The van der Waals surface area contributed by atoms with Gasteiger partial charge in [0.05, 0.1) is 23.6 Å². The molecule has 4 atom stereocenters. The van der Waals surface area contributed by atoms with E-state index in [4.69, 9.17) is 9.84 Å². The fraction of sp³-hybridized carbons (Fsp3) is 1.00. The Morgan fingerprint density at radius 1 is 1.60 bits per heavy atom. The monoisotopic (exact) mass is 210 g/mol. The van der Waals surface area contributed by atoms with Crippen LogP contribution in [0.25, 0.3) is 0 Å². The highest BCUT2D eigenvalue weighted by atomic mass is 79.9. The summed E-state index contributed by atoms with van der Waals surface area (Å²) in [6.07, 6.45) is -1.02. The normalized spacial score (nSPS) is 48.0. The van der Waals surface area contributed by atoms with Gasteiger partial charge in [0, 0.05) is 0 Å². The second-order valence-electron chi connectivity index (χ2n) is 2.50. The molecular formula is C6H11BrO3. The van der Waals surface area contributed by atoms with Crippen molar-refractivity contribution in [3.8, 4) is 0 Å². The van der Waals surface area contributed by atoms with Crippen LogP contribution >= 0.6 is 15.9 Å². The Bertz CT molecular complexity index is 120. The predicted molar refractivity (Wildman–Crippen MR) is 40.1 cm³/mol. The summed E-state index contributed by atoms with van der Waals surface area (Å²) in [5, 5.41) is 18.0. The van der Waals surface area contributed by atoms with E-state index in [-0.39, 0.29) is 17.5 Å². The molecule has 1 rings (SSSR count). The van der Waals surface area contributed by atoms with Gasteiger partial charge in [-0.25, -0.2) is 0 Å². The van der Waals surface area contributed by atoms with Gasteiger partial charge in [0.1, 0.15) is 6.10 Å². The number of aliphatic hydroxyl groups excluding tert-OH is 2. The Morgan fingerprint density at radius 2 is 2.20 bits per heavy atom. The molecule has 1 saturated heterocycles. The number of alkyl halides is 1. The zero-order valence-corrected chi connectivity index (χ0v) is 7.28. The first-order valence-electron chi connectivity index (χ1n) is 3.25. The third-order valence-electron chi connectivity index (χ3n) is 1.73. The smallest absolute Gasteiger partial charge is 0.108 e. The SMILES string of the molecule is C[C@@H]1O[C@H](CO)C(O)C1Br. The molecule has 60 valence electrons. The highest BCUT2D eigenvalue weighted by Gasteiger charge is 2.38. The van der Waals surface area contributed by atoms with E-state index >= 15 is 0 Å². The average molecular weight is 211 g/mol. The molecule has 0 amide bonds. The largest absolute Gasteiger partial charge is 0.394 e. The summed E-state index contributed by atoms with van der Waals surface area (Å²) >= 11 is 3.26. The first-order chi connectivity index (χ1) is 4.66. The molecule has 0 aromatic rings.